The lowest BCUT2D eigenvalue weighted by Crippen LogP contribution is -1.95. The molecular formula is C11H15BrO. The van der Waals surface area contributed by atoms with Gasteiger partial charge in [-0.25, -0.2) is 0 Å². The van der Waals surface area contributed by atoms with Gasteiger partial charge in [0.25, 0.3) is 0 Å². The molecule has 0 heterocycles. The fraction of sp³-hybridized carbons (Fsp3) is 0.455. The van der Waals surface area contributed by atoms with Crippen molar-refractivity contribution in [2.24, 2.45) is 0 Å². The third-order valence-corrected chi connectivity index (χ3v) is 2.66. The first-order chi connectivity index (χ1) is 6.38. The summed E-state index contributed by atoms with van der Waals surface area (Å²) in [5.41, 5.74) is 2.81. The van der Waals surface area contributed by atoms with Crippen molar-refractivity contribution >= 4 is 15.9 Å². The molecule has 1 rings (SSSR count). The van der Waals surface area contributed by atoms with Crippen LogP contribution in [0.5, 0.6) is 0 Å². The first-order valence-corrected chi connectivity index (χ1v) is 5.62. The zero-order chi connectivity index (χ0) is 9.52. The van der Waals surface area contributed by atoms with E-state index in [9.17, 15) is 0 Å². The molecule has 1 aromatic rings. The summed E-state index contributed by atoms with van der Waals surface area (Å²) in [6.45, 7) is 0.844. The predicted octanol–water partition coefficient (Wildman–Crippen LogP) is 3.16. The third-order valence-electron chi connectivity index (χ3n) is 2.06. The van der Waals surface area contributed by atoms with Crippen LogP contribution in [0.3, 0.4) is 0 Å². The minimum atomic E-state index is 0.844. The summed E-state index contributed by atoms with van der Waals surface area (Å²) < 4.78 is 5.03. The highest BCUT2D eigenvalue weighted by atomic mass is 79.9. The summed E-state index contributed by atoms with van der Waals surface area (Å²) >= 11 is 3.49. The van der Waals surface area contributed by atoms with E-state index < -0.39 is 0 Å². The van der Waals surface area contributed by atoms with Crippen LogP contribution < -0.4 is 0 Å². The Hall–Kier alpha value is -0.340. The van der Waals surface area contributed by atoms with E-state index in [0.717, 1.165) is 24.8 Å². The molecule has 72 valence electrons. The van der Waals surface area contributed by atoms with Crippen molar-refractivity contribution in [3.8, 4) is 0 Å². The number of alkyl halides is 1. The maximum absolute atomic E-state index is 5.03. The van der Waals surface area contributed by atoms with Crippen LogP contribution >= 0.6 is 15.9 Å². The van der Waals surface area contributed by atoms with Crippen molar-refractivity contribution in [2.45, 2.75) is 18.2 Å². The Morgan fingerprint density at radius 1 is 1.23 bits per heavy atom. The second kappa shape index (κ2) is 6.17. The molecule has 13 heavy (non-hydrogen) atoms. The molecule has 0 unspecified atom stereocenters. The van der Waals surface area contributed by atoms with Crippen LogP contribution in [0.25, 0.3) is 0 Å². The van der Waals surface area contributed by atoms with Gasteiger partial charge in [0.2, 0.25) is 0 Å². The van der Waals surface area contributed by atoms with Gasteiger partial charge >= 0.3 is 0 Å². The van der Waals surface area contributed by atoms with E-state index in [4.69, 9.17) is 4.74 Å². The Morgan fingerprint density at radius 3 is 2.54 bits per heavy atom. The van der Waals surface area contributed by atoms with E-state index in [0.29, 0.717) is 0 Å². The van der Waals surface area contributed by atoms with Gasteiger partial charge in [-0.15, -0.1) is 0 Å². The van der Waals surface area contributed by atoms with E-state index >= 15 is 0 Å². The minimum Gasteiger partial charge on any atom is -0.385 e. The summed E-state index contributed by atoms with van der Waals surface area (Å²) in [7, 11) is 1.75. The van der Waals surface area contributed by atoms with Crippen LogP contribution in [0, 0.1) is 0 Å². The summed E-state index contributed by atoms with van der Waals surface area (Å²) in [6.07, 6.45) is 2.20. The van der Waals surface area contributed by atoms with Crippen LogP contribution in [-0.4, -0.2) is 13.7 Å². The van der Waals surface area contributed by atoms with E-state index in [-0.39, 0.29) is 0 Å². The summed E-state index contributed by atoms with van der Waals surface area (Å²) in [5.74, 6) is 0. The lowest BCUT2D eigenvalue weighted by atomic mass is 10.0. The molecule has 0 fully saturated rings. The summed E-state index contributed by atoms with van der Waals surface area (Å²) in [4.78, 5) is 0. The number of ether oxygens (including phenoxy) is 1. The summed E-state index contributed by atoms with van der Waals surface area (Å²) in [5, 5.41) is 0.941. The number of hydrogen-bond donors (Lipinski definition) is 0. The van der Waals surface area contributed by atoms with Gasteiger partial charge in [-0.05, 0) is 24.0 Å². The highest BCUT2D eigenvalue weighted by molar-refractivity contribution is 9.08. The molecule has 0 radical (unpaired) electrons. The molecule has 0 atom stereocenters. The second-order valence-corrected chi connectivity index (χ2v) is 3.56. The Kier molecular flexibility index (Phi) is 5.09. The summed E-state index contributed by atoms with van der Waals surface area (Å²) in [6, 6.07) is 8.52. The van der Waals surface area contributed by atoms with Crippen molar-refractivity contribution in [3.05, 3.63) is 35.4 Å². The molecule has 2 heteroatoms. The van der Waals surface area contributed by atoms with Gasteiger partial charge in [0.05, 0.1) is 0 Å². The lowest BCUT2D eigenvalue weighted by molar-refractivity contribution is 0.195. The van der Waals surface area contributed by atoms with Crippen molar-refractivity contribution in [3.63, 3.8) is 0 Å². The number of halogens is 1. The number of aryl methyl sites for hydroxylation is 1. The molecule has 0 saturated heterocycles. The van der Waals surface area contributed by atoms with Gasteiger partial charge in [0, 0.05) is 19.0 Å². The van der Waals surface area contributed by atoms with E-state index in [1.165, 1.54) is 11.1 Å². The largest absolute Gasteiger partial charge is 0.385 e. The molecule has 0 aromatic heterocycles. The first-order valence-electron chi connectivity index (χ1n) is 4.50. The molecule has 0 amide bonds. The zero-order valence-corrected chi connectivity index (χ0v) is 9.51. The van der Waals surface area contributed by atoms with Gasteiger partial charge in [-0.2, -0.15) is 0 Å². The zero-order valence-electron chi connectivity index (χ0n) is 7.92. The molecule has 1 nitrogen and oxygen atoms in total. The monoisotopic (exact) mass is 242 g/mol. The predicted molar refractivity (Wildman–Crippen MR) is 59.3 cm³/mol. The van der Waals surface area contributed by atoms with Crippen LogP contribution in [0.15, 0.2) is 24.3 Å². The normalized spacial score (nSPS) is 10.3. The molecular weight excluding hydrogens is 228 g/mol. The van der Waals surface area contributed by atoms with Gasteiger partial charge in [0.15, 0.2) is 0 Å². The third kappa shape index (κ3) is 3.49. The molecule has 0 saturated carbocycles. The molecule has 0 N–H and O–H groups in total. The molecule has 0 aliphatic heterocycles. The molecule has 0 bridgehead atoms. The number of methoxy groups -OCH3 is 1. The fourth-order valence-electron chi connectivity index (χ4n) is 1.34. The number of hydrogen-bond acceptors (Lipinski definition) is 1. The first kappa shape index (κ1) is 10.7. The average molecular weight is 243 g/mol. The van der Waals surface area contributed by atoms with Gasteiger partial charge in [0.1, 0.15) is 0 Å². The maximum Gasteiger partial charge on any atom is 0.0465 e. The van der Waals surface area contributed by atoms with Gasteiger partial charge in [-0.3, -0.25) is 0 Å². The van der Waals surface area contributed by atoms with Gasteiger partial charge in [-0.1, -0.05) is 40.2 Å². The molecule has 1 aromatic carbocycles. The lowest BCUT2D eigenvalue weighted by Gasteiger charge is -2.05. The van der Waals surface area contributed by atoms with E-state index in [1.807, 2.05) is 0 Å². The van der Waals surface area contributed by atoms with Crippen molar-refractivity contribution in [2.75, 3.05) is 13.7 Å². The van der Waals surface area contributed by atoms with E-state index in [1.54, 1.807) is 7.11 Å². The van der Waals surface area contributed by atoms with Gasteiger partial charge < -0.3 is 4.74 Å². The molecule has 0 aliphatic rings. The Labute approximate surface area is 88.2 Å². The van der Waals surface area contributed by atoms with Crippen LogP contribution in [-0.2, 0) is 16.5 Å². The molecule has 0 spiro atoms. The average Bonchev–Trinajstić information content (AvgIpc) is 2.19. The van der Waals surface area contributed by atoms with E-state index in [2.05, 4.69) is 40.2 Å². The van der Waals surface area contributed by atoms with Crippen LogP contribution in [0.1, 0.15) is 17.5 Å². The second-order valence-electron chi connectivity index (χ2n) is 3.00. The fourth-order valence-corrected chi connectivity index (χ4v) is 1.89. The van der Waals surface area contributed by atoms with Crippen molar-refractivity contribution < 1.29 is 4.74 Å². The minimum absolute atomic E-state index is 0.844. The smallest absolute Gasteiger partial charge is 0.0465 e. The Bertz CT molecular complexity index is 248. The number of benzene rings is 1. The highest BCUT2D eigenvalue weighted by Crippen LogP contribution is 2.14. The molecule has 0 aliphatic carbocycles. The van der Waals surface area contributed by atoms with Crippen LogP contribution in [0.2, 0.25) is 0 Å². The van der Waals surface area contributed by atoms with Crippen molar-refractivity contribution in [1.29, 1.82) is 0 Å². The Balaban J connectivity index is 2.54. The quantitative estimate of drug-likeness (QED) is 0.570. The highest BCUT2D eigenvalue weighted by Gasteiger charge is 1.98. The standard InChI is InChI=1S/C11H15BrO/c1-13-8-4-7-10-5-2-3-6-11(10)9-12/h2-3,5-6H,4,7-9H2,1H3. The SMILES string of the molecule is COCCCc1ccccc1CBr. The number of rotatable bonds is 5. The van der Waals surface area contributed by atoms with Crippen molar-refractivity contribution in [1.82, 2.24) is 0 Å². The topological polar surface area (TPSA) is 9.23 Å². The maximum atomic E-state index is 5.03. The van der Waals surface area contributed by atoms with Crippen LogP contribution in [0.4, 0.5) is 0 Å². The Morgan fingerprint density at radius 2 is 1.92 bits per heavy atom.